The zero-order valence-corrected chi connectivity index (χ0v) is 19.2. The van der Waals surface area contributed by atoms with Gasteiger partial charge in [-0.25, -0.2) is 0 Å². The van der Waals surface area contributed by atoms with Gasteiger partial charge in [-0.15, -0.1) is 0 Å². The van der Waals surface area contributed by atoms with E-state index in [1.165, 1.54) is 0 Å². The number of hydrogen-bond acceptors (Lipinski definition) is 2. The molecule has 0 unspecified atom stereocenters. The fourth-order valence-electron chi connectivity index (χ4n) is 3.68. The molecule has 1 saturated carbocycles. The highest BCUT2D eigenvalue weighted by atomic mass is 79.9. The summed E-state index contributed by atoms with van der Waals surface area (Å²) in [5.74, 6) is -0.140. The summed E-state index contributed by atoms with van der Waals surface area (Å²) in [6, 6.07) is 21.5. The van der Waals surface area contributed by atoms with Crippen molar-refractivity contribution in [2.45, 2.75) is 32.0 Å². The number of carbonyl (C=O) groups is 2. The Hall–Kier alpha value is -2.86. The molecular formula is C25H26BrN3O2. The van der Waals surface area contributed by atoms with E-state index in [2.05, 4.69) is 15.9 Å². The summed E-state index contributed by atoms with van der Waals surface area (Å²) in [6.45, 7) is 1.09. The van der Waals surface area contributed by atoms with Gasteiger partial charge in [0, 0.05) is 36.0 Å². The molecule has 0 saturated heterocycles. The maximum atomic E-state index is 13.5. The van der Waals surface area contributed by atoms with Gasteiger partial charge in [0.25, 0.3) is 5.91 Å². The lowest BCUT2D eigenvalue weighted by Gasteiger charge is -2.28. The third-order valence-corrected chi connectivity index (χ3v) is 6.32. The summed E-state index contributed by atoms with van der Waals surface area (Å²) < 4.78 is 2.78. The molecule has 4 rings (SSSR count). The second-order valence-corrected chi connectivity index (χ2v) is 8.84. The third-order valence-electron chi connectivity index (χ3n) is 5.63. The first-order chi connectivity index (χ1) is 15.0. The summed E-state index contributed by atoms with van der Waals surface area (Å²) in [4.78, 5) is 30.3. The fraction of sp³-hybridized carbons (Fsp3) is 0.280. The quantitative estimate of drug-likeness (QED) is 0.473. The molecule has 5 nitrogen and oxygen atoms in total. The predicted molar refractivity (Wildman–Crippen MR) is 124 cm³/mol. The normalized spacial score (nSPS) is 13.1. The van der Waals surface area contributed by atoms with E-state index in [-0.39, 0.29) is 24.4 Å². The van der Waals surface area contributed by atoms with Crippen LogP contribution in [0.3, 0.4) is 0 Å². The third kappa shape index (κ3) is 5.25. The zero-order chi connectivity index (χ0) is 21.8. The molecule has 3 aromatic rings. The van der Waals surface area contributed by atoms with Gasteiger partial charge < -0.3 is 14.4 Å². The summed E-state index contributed by atoms with van der Waals surface area (Å²) in [5, 5.41) is 0. The Kier molecular flexibility index (Phi) is 6.56. The molecule has 1 fully saturated rings. The average molecular weight is 480 g/mol. The van der Waals surface area contributed by atoms with Crippen molar-refractivity contribution < 1.29 is 9.59 Å². The maximum Gasteiger partial charge on any atom is 0.255 e. The molecule has 0 N–H and O–H groups in total. The lowest BCUT2D eigenvalue weighted by Crippen LogP contribution is -2.43. The number of amides is 2. The Morgan fingerprint density at radius 2 is 1.68 bits per heavy atom. The molecule has 31 heavy (non-hydrogen) atoms. The smallest absolute Gasteiger partial charge is 0.255 e. The predicted octanol–water partition coefficient (Wildman–Crippen LogP) is 4.62. The fourth-order valence-corrected chi connectivity index (χ4v) is 4.13. The number of carbonyl (C=O) groups excluding carboxylic acids is 2. The van der Waals surface area contributed by atoms with Crippen LogP contribution in [0, 0.1) is 0 Å². The van der Waals surface area contributed by atoms with Crippen molar-refractivity contribution in [1.29, 1.82) is 0 Å². The van der Waals surface area contributed by atoms with Gasteiger partial charge in [0.05, 0.1) is 12.1 Å². The van der Waals surface area contributed by atoms with E-state index in [1.54, 1.807) is 11.0 Å². The number of nitrogens with zero attached hydrogens (tertiary/aromatic N) is 3. The minimum atomic E-state index is -0.0955. The van der Waals surface area contributed by atoms with E-state index in [0.717, 1.165) is 28.6 Å². The van der Waals surface area contributed by atoms with Gasteiger partial charge in [0.15, 0.2) is 0 Å². The van der Waals surface area contributed by atoms with Crippen LogP contribution in [0.2, 0.25) is 0 Å². The Labute approximate surface area is 191 Å². The van der Waals surface area contributed by atoms with E-state index in [0.29, 0.717) is 18.7 Å². The summed E-state index contributed by atoms with van der Waals surface area (Å²) in [6.07, 6.45) is 3.87. The lowest BCUT2D eigenvalue weighted by atomic mass is 10.2. The Morgan fingerprint density at radius 3 is 2.32 bits per heavy atom. The van der Waals surface area contributed by atoms with Crippen LogP contribution in [0.5, 0.6) is 0 Å². The lowest BCUT2D eigenvalue weighted by molar-refractivity contribution is -0.133. The molecule has 2 amide bonds. The van der Waals surface area contributed by atoms with E-state index >= 15 is 0 Å². The largest absolute Gasteiger partial charge is 0.353 e. The van der Waals surface area contributed by atoms with Gasteiger partial charge in [-0.1, -0.05) is 42.5 Å². The molecule has 0 radical (unpaired) electrons. The number of aryl methyl sites for hydroxylation is 1. The van der Waals surface area contributed by atoms with Crippen molar-refractivity contribution in [3.05, 3.63) is 94.2 Å². The van der Waals surface area contributed by atoms with Crippen molar-refractivity contribution in [3.8, 4) is 0 Å². The number of rotatable bonds is 8. The average Bonchev–Trinajstić information content (AvgIpc) is 3.54. The first-order valence-corrected chi connectivity index (χ1v) is 11.3. The van der Waals surface area contributed by atoms with E-state index < -0.39 is 0 Å². The summed E-state index contributed by atoms with van der Waals surface area (Å²) in [5.41, 5.74) is 2.72. The minimum absolute atomic E-state index is 0.0441. The molecule has 0 aliphatic heterocycles. The molecular weight excluding hydrogens is 454 g/mol. The van der Waals surface area contributed by atoms with Crippen molar-refractivity contribution in [1.82, 2.24) is 14.4 Å². The highest BCUT2D eigenvalue weighted by Crippen LogP contribution is 2.30. The number of aromatic nitrogens is 1. The van der Waals surface area contributed by atoms with Crippen molar-refractivity contribution in [2.75, 3.05) is 6.54 Å². The topological polar surface area (TPSA) is 45.6 Å². The van der Waals surface area contributed by atoms with Gasteiger partial charge in [-0.05, 0) is 58.6 Å². The number of benzene rings is 2. The van der Waals surface area contributed by atoms with Crippen LogP contribution in [-0.4, -0.2) is 38.8 Å². The maximum absolute atomic E-state index is 13.5. The van der Waals surface area contributed by atoms with Gasteiger partial charge in [-0.2, -0.15) is 0 Å². The molecule has 0 bridgehead atoms. The Balaban J connectivity index is 1.55. The second kappa shape index (κ2) is 9.52. The second-order valence-electron chi connectivity index (χ2n) is 7.99. The van der Waals surface area contributed by atoms with Crippen LogP contribution in [0.4, 0.5) is 0 Å². The molecule has 160 valence electrons. The first-order valence-electron chi connectivity index (χ1n) is 10.5. The van der Waals surface area contributed by atoms with Gasteiger partial charge in [-0.3, -0.25) is 9.59 Å². The monoisotopic (exact) mass is 479 g/mol. The van der Waals surface area contributed by atoms with Crippen molar-refractivity contribution >= 4 is 27.7 Å². The highest BCUT2D eigenvalue weighted by molar-refractivity contribution is 9.10. The van der Waals surface area contributed by atoms with E-state index in [9.17, 15) is 9.59 Å². The minimum Gasteiger partial charge on any atom is -0.353 e. The molecule has 2 aromatic carbocycles. The Bertz CT molecular complexity index is 1060. The Morgan fingerprint density at radius 1 is 0.968 bits per heavy atom. The number of hydrogen-bond donors (Lipinski definition) is 0. The molecule has 6 heteroatoms. The van der Waals surface area contributed by atoms with Gasteiger partial charge in [0.1, 0.15) is 6.54 Å². The highest BCUT2D eigenvalue weighted by Gasteiger charge is 2.35. The molecule has 1 heterocycles. The van der Waals surface area contributed by atoms with Crippen LogP contribution < -0.4 is 0 Å². The first kappa shape index (κ1) is 21.4. The van der Waals surface area contributed by atoms with Crippen molar-refractivity contribution in [3.63, 3.8) is 0 Å². The van der Waals surface area contributed by atoms with Crippen LogP contribution >= 0.6 is 15.9 Å². The van der Waals surface area contributed by atoms with Gasteiger partial charge in [0.2, 0.25) is 5.91 Å². The van der Waals surface area contributed by atoms with E-state index in [1.807, 2.05) is 83.4 Å². The standard InChI is InChI=1S/C25H26BrN3O2/c1-27-15-7-10-21(27)17-28(16-19-8-3-2-4-9-19)24(30)18-29(20-13-14-20)25(31)22-11-5-6-12-23(22)26/h2-12,15,20H,13-14,16-18H2,1H3. The SMILES string of the molecule is Cn1cccc1CN(Cc1ccccc1)C(=O)CN(C(=O)c1ccccc1Br)C1CC1. The molecule has 0 atom stereocenters. The van der Waals surface area contributed by atoms with E-state index in [4.69, 9.17) is 0 Å². The van der Waals surface area contributed by atoms with Crippen LogP contribution in [0.25, 0.3) is 0 Å². The molecule has 1 aliphatic carbocycles. The van der Waals surface area contributed by atoms with Crippen LogP contribution in [0.1, 0.15) is 34.5 Å². The molecule has 0 spiro atoms. The number of halogens is 1. The summed E-state index contributed by atoms with van der Waals surface area (Å²) in [7, 11) is 1.98. The van der Waals surface area contributed by atoms with Crippen LogP contribution in [0.15, 0.2) is 77.4 Å². The van der Waals surface area contributed by atoms with Crippen LogP contribution in [-0.2, 0) is 24.9 Å². The zero-order valence-electron chi connectivity index (χ0n) is 17.6. The van der Waals surface area contributed by atoms with Crippen molar-refractivity contribution in [2.24, 2.45) is 7.05 Å². The summed E-state index contributed by atoms with van der Waals surface area (Å²) >= 11 is 3.48. The molecule has 1 aliphatic rings. The van der Waals surface area contributed by atoms with Gasteiger partial charge >= 0.3 is 0 Å². The molecule has 1 aromatic heterocycles.